The van der Waals surface area contributed by atoms with E-state index in [9.17, 15) is 9.18 Å². The van der Waals surface area contributed by atoms with Crippen LogP contribution in [0, 0.1) is 5.92 Å². The molecule has 0 saturated heterocycles. The van der Waals surface area contributed by atoms with Crippen LogP contribution in [0.4, 0.5) is 4.39 Å². The molecule has 0 radical (unpaired) electrons. The number of nitrogens with zero attached hydrogens (tertiary/aromatic N) is 2. The number of imidazole rings is 1. The Morgan fingerprint density at radius 3 is 2.95 bits per heavy atom. The fourth-order valence-electron chi connectivity index (χ4n) is 2.66. The van der Waals surface area contributed by atoms with Crippen molar-refractivity contribution in [1.82, 2.24) is 9.38 Å². The molecule has 1 atom stereocenters. The molecule has 0 aliphatic heterocycles. The van der Waals surface area contributed by atoms with E-state index < -0.39 is 5.97 Å². The molecule has 2 aromatic heterocycles. The van der Waals surface area contributed by atoms with Crippen LogP contribution in [0.15, 0.2) is 42.5 Å². The number of ether oxygens (including phenoxy) is 1. The Hall–Kier alpha value is -2.43. The number of esters is 1. The molecule has 0 amide bonds. The molecule has 0 aromatic carbocycles. The Labute approximate surface area is 127 Å². The maximum absolute atomic E-state index is 13.3. The third kappa shape index (κ3) is 2.66. The smallest absolute Gasteiger partial charge is 0.358 e. The van der Waals surface area contributed by atoms with E-state index in [4.69, 9.17) is 4.74 Å². The van der Waals surface area contributed by atoms with Crippen LogP contribution < -0.4 is 0 Å². The first-order chi connectivity index (χ1) is 10.6. The zero-order valence-corrected chi connectivity index (χ0v) is 12.5. The highest BCUT2D eigenvalue weighted by atomic mass is 19.1. The molecule has 0 spiro atoms. The van der Waals surface area contributed by atoms with Gasteiger partial charge in [0, 0.05) is 18.8 Å². The first-order valence-corrected chi connectivity index (χ1v) is 7.31. The van der Waals surface area contributed by atoms with Crippen molar-refractivity contribution < 1.29 is 13.9 Å². The molecule has 2 aromatic rings. The fourth-order valence-corrected chi connectivity index (χ4v) is 2.66. The van der Waals surface area contributed by atoms with Crippen molar-refractivity contribution >= 4 is 17.2 Å². The number of hydrogen-bond acceptors (Lipinski definition) is 3. The molecule has 0 N–H and O–H groups in total. The summed E-state index contributed by atoms with van der Waals surface area (Å²) < 4.78 is 20.0. The first kappa shape index (κ1) is 14.5. The summed E-state index contributed by atoms with van der Waals surface area (Å²) >= 11 is 0. The van der Waals surface area contributed by atoms with Crippen LogP contribution in [0.1, 0.15) is 36.3 Å². The van der Waals surface area contributed by atoms with Gasteiger partial charge in [-0.2, -0.15) is 0 Å². The summed E-state index contributed by atoms with van der Waals surface area (Å²) in [6.07, 6.45) is 7.30. The summed E-state index contributed by atoms with van der Waals surface area (Å²) in [5.74, 6) is -0.400. The number of carbonyl (C=O) groups is 1. The van der Waals surface area contributed by atoms with Gasteiger partial charge in [-0.05, 0) is 42.2 Å². The van der Waals surface area contributed by atoms with Crippen molar-refractivity contribution in [2.75, 3.05) is 6.61 Å². The van der Waals surface area contributed by atoms with Crippen molar-refractivity contribution in [2.45, 2.75) is 20.3 Å². The lowest BCUT2D eigenvalue weighted by molar-refractivity contribution is 0.0520. The number of pyridine rings is 1. The number of fused-ring (bicyclic) bond motifs is 1. The summed E-state index contributed by atoms with van der Waals surface area (Å²) in [5, 5.41) is 0. The van der Waals surface area contributed by atoms with E-state index in [0.29, 0.717) is 18.7 Å². The number of rotatable bonds is 3. The van der Waals surface area contributed by atoms with Gasteiger partial charge in [0.2, 0.25) is 0 Å². The highest BCUT2D eigenvalue weighted by molar-refractivity contribution is 5.88. The predicted molar refractivity (Wildman–Crippen MR) is 82.1 cm³/mol. The number of aromatic nitrogens is 2. The van der Waals surface area contributed by atoms with E-state index in [0.717, 1.165) is 11.1 Å². The second-order valence-electron chi connectivity index (χ2n) is 5.37. The minimum Gasteiger partial charge on any atom is -0.461 e. The third-order valence-electron chi connectivity index (χ3n) is 3.74. The molecule has 5 heteroatoms. The maximum Gasteiger partial charge on any atom is 0.358 e. The Kier molecular flexibility index (Phi) is 3.79. The number of carbonyl (C=O) groups excluding carboxylic acids is 1. The van der Waals surface area contributed by atoms with Gasteiger partial charge in [0.1, 0.15) is 11.5 Å². The molecule has 0 saturated carbocycles. The van der Waals surface area contributed by atoms with Gasteiger partial charge in [-0.15, -0.1) is 0 Å². The van der Waals surface area contributed by atoms with Gasteiger partial charge < -0.3 is 9.14 Å². The average Bonchev–Trinajstić information content (AvgIpc) is 2.90. The molecule has 1 unspecified atom stereocenters. The standard InChI is InChI=1S/C17H17FN2O2/c1-3-22-17(21)15-10-20-9-12(4-7-16(20)19-15)14-6-5-13(18)8-11(14)2/h4-7,9-11H,3,8H2,1-2H3. The van der Waals surface area contributed by atoms with Crippen LogP contribution >= 0.6 is 0 Å². The molecule has 0 fully saturated rings. The van der Waals surface area contributed by atoms with Crippen LogP contribution in [-0.4, -0.2) is 22.0 Å². The molecule has 4 nitrogen and oxygen atoms in total. The number of hydrogen-bond donors (Lipinski definition) is 0. The van der Waals surface area contributed by atoms with Crippen molar-refractivity contribution in [1.29, 1.82) is 0 Å². The van der Waals surface area contributed by atoms with Gasteiger partial charge in [0.25, 0.3) is 0 Å². The van der Waals surface area contributed by atoms with Crippen molar-refractivity contribution in [3.8, 4) is 0 Å². The summed E-state index contributed by atoms with van der Waals surface area (Å²) in [7, 11) is 0. The third-order valence-corrected chi connectivity index (χ3v) is 3.74. The van der Waals surface area contributed by atoms with Gasteiger partial charge in [-0.3, -0.25) is 0 Å². The van der Waals surface area contributed by atoms with E-state index >= 15 is 0 Å². The first-order valence-electron chi connectivity index (χ1n) is 7.31. The maximum atomic E-state index is 13.3. The second-order valence-corrected chi connectivity index (χ2v) is 5.37. The molecule has 2 heterocycles. The SMILES string of the molecule is CCOC(=O)c1cn2cc(C3=CC=C(F)CC3C)ccc2n1. The number of allylic oxidation sites excluding steroid dienone is 4. The Morgan fingerprint density at radius 2 is 2.23 bits per heavy atom. The quantitative estimate of drug-likeness (QED) is 0.810. The summed E-state index contributed by atoms with van der Waals surface area (Å²) in [4.78, 5) is 16.0. The van der Waals surface area contributed by atoms with E-state index in [-0.39, 0.29) is 17.4 Å². The summed E-state index contributed by atoms with van der Waals surface area (Å²) in [5.41, 5.74) is 3.04. The van der Waals surface area contributed by atoms with Crippen LogP contribution in [0.25, 0.3) is 11.2 Å². The highest BCUT2D eigenvalue weighted by Crippen LogP contribution is 2.32. The van der Waals surface area contributed by atoms with E-state index in [1.807, 2.05) is 31.3 Å². The van der Waals surface area contributed by atoms with Crippen LogP contribution in [0.5, 0.6) is 0 Å². The topological polar surface area (TPSA) is 43.6 Å². The van der Waals surface area contributed by atoms with Gasteiger partial charge in [-0.25, -0.2) is 14.2 Å². The van der Waals surface area contributed by atoms with Crippen LogP contribution in [0.3, 0.4) is 0 Å². The lowest BCUT2D eigenvalue weighted by Crippen LogP contribution is -2.04. The van der Waals surface area contributed by atoms with E-state index in [1.54, 1.807) is 17.5 Å². The highest BCUT2D eigenvalue weighted by Gasteiger charge is 2.18. The minimum atomic E-state index is -0.428. The normalized spacial score (nSPS) is 18.0. The Bertz CT molecular complexity index is 789. The van der Waals surface area contributed by atoms with Gasteiger partial charge in [0.15, 0.2) is 5.69 Å². The zero-order chi connectivity index (χ0) is 15.7. The number of halogens is 1. The fraction of sp³-hybridized carbons (Fsp3) is 0.294. The lowest BCUT2D eigenvalue weighted by Gasteiger charge is -2.18. The largest absolute Gasteiger partial charge is 0.461 e. The average molecular weight is 300 g/mol. The monoisotopic (exact) mass is 300 g/mol. The van der Waals surface area contributed by atoms with E-state index in [1.165, 1.54) is 6.08 Å². The minimum absolute atomic E-state index is 0.0930. The Morgan fingerprint density at radius 1 is 1.41 bits per heavy atom. The Balaban J connectivity index is 1.98. The van der Waals surface area contributed by atoms with Gasteiger partial charge in [-0.1, -0.05) is 13.0 Å². The molecule has 1 aliphatic rings. The van der Waals surface area contributed by atoms with Crippen molar-refractivity contribution in [2.24, 2.45) is 5.92 Å². The molecular formula is C17H17FN2O2. The van der Waals surface area contributed by atoms with Gasteiger partial charge in [0.05, 0.1) is 6.61 Å². The van der Waals surface area contributed by atoms with E-state index in [2.05, 4.69) is 4.98 Å². The molecular weight excluding hydrogens is 283 g/mol. The molecule has 1 aliphatic carbocycles. The summed E-state index contributed by atoms with van der Waals surface area (Å²) in [6, 6.07) is 3.79. The van der Waals surface area contributed by atoms with Crippen molar-refractivity contribution in [3.63, 3.8) is 0 Å². The van der Waals surface area contributed by atoms with Crippen LogP contribution in [-0.2, 0) is 4.74 Å². The molecule has 3 rings (SSSR count). The second kappa shape index (κ2) is 5.75. The molecule has 0 bridgehead atoms. The van der Waals surface area contributed by atoms with Crippen LogP contribution in [0.2, 0.25) is 0 Å². The molecule has 22 heavy (non-hydrogen) atoms. The molecule has 114 valence electrons. The summed E-state index contributed by atoms with van der Waals surface area (Å²) in [6.45, 7) is 4.08. The van der Waals surface area contributed by atoms with Crippen molar-refractivity contribution in [3.05, 3.63) is 53.8 Å². The zero-order valence-electron chi connectivity index (χ0n) is 12.5. The van der Waals surface area contributed by atoms with Gasteiger partial charge >= 0.3 is 5.97 Å². The lowest BCUT2D eigenvalue weighted by atomic mass is 9.88. The predicted octanol–water partition coefficient (Wildman–Crippen LogP) is 3.79.